The number of ether oxygens (including phenoxy) is 3. The molecule has 4 rings (SSSR count). The number of benzene rings is 2. The van der Waals surface area contributed by atoms with Gasteiger partial charge in [-0.2, -0.15) is 0 Å². The zero-order chi connectivity index (χ0) is 18.8. The molecule has 0 aliphatic carbocycles. The summed E-state index contributed by atoms with van der Waals surface area (Å²) in [6.45, 7) is 3.17. The number of amides is 1. The third kappa shape index (κ3) is 3.66. The molecule has 2 aliphatic heterocycles. The number of hydrogen-bond donors (Lipinski definition) is 1. The van der Waals surface area contributed by atoms with Gasteiger partial charge in [0.05, 0.1) is 31.4 Å². The van der Waals surface area contributed by atoms with Crippen LogP contribution in [0, 0.1) is 0 Å². The zero-order valence-corrected chi connectivity index (χ0v) is 15.1. The molecule has 0 saturated heterocycles. The molecular weight excluding hydrogens is 346 g/mol. The quantitative estimate of drug-likeness (QED) is 0.841. The normalized spacial score (nSPS) is 18.6. The lowest BCUT2D eigenvalue weighted by Gasteiger charge is -2.27. The van der Waals surface area contributed by atoms with Crippen molar-refractivity contribution in [1.82, 2.24) is 5.32 Å². The molecule has 0 unspecified atom stereocenters. The largest absolute Gasteiger partial charge is 0.493 e. The molecule has 1 N–H and O–H groups in total. The van der Waals surface area contributed by atoms with Crippen LogP contribution in [0.3, 0.4) is 0 Å². The van der Waals surface area contributed by atoms with Crippen LogP contribution in [0.15, 0.2) is 42.5 Å². The van der Waals surface area contributed by atoms with E-state index in [1.54, 1.807) is 19.1 Å². The highest BCUT2D eigenvalue weighted by Crippen LogP contribution is 2.31. The second-order valence-corrected chi connectivity index (χ2v) is 6.76. The molecule has 0 aromatic heterocycles. The van der Waals surface area contributed by atoms with Crippen LogP contribution in [0.2, 0.25) is 0 Å². The highest BCUT2D eigenvalue weighted by atomic mass is 16.5. The number of carbonyl (C=O) groups is 2. The average molecular weight is 367 g/mol. The van der Waals surface area contributed by atoms with E-state index < -0.39 is 12.1 Å². The second kappa shape index (κ2) is 7.40. The smallest absolute Gasteiger partial charge is 0.338 e. The number of esters is 1. The second-order valence-electron chi connectivity index (χ2n) is 6.76. The molecule has 2 aromatic carbocycles. The summed E-state index contributed by atoms with van der Waals surface area (Å²) in [5.41, 5.74) is 3.43. The Hall–Kier alpha value is -2.86. The Morgan fingerprint density at radius 2 is 1.96 bits per heavy atom. The summed E-state index contributed by atoms with van der Waals surface area (Å²) in [5.74, 6) is -0.0617. The van der Waals surface area contributed by atoms with Crippen LogP contribution in [0.1, 0.15) is 46.4 Å². The van der Waals surface area contributed by atoms with Gasteiger partial charge < -0.3 is 19.5 Å². The topological polar surface area (TPSA) is 73.9 Å². The third-order valence-electron chi connectivity index (χ3n) is 4.89. The molecule has 0 saturated carbocycles. The summed E-state index contributed by atoms with van der Waals surface area (Å²) in [6.07, 6.45) is -0.217. The van der Waals surface area contributed by atoms with Crippen LogP contribution >= 0.6 is 0 Å². The van der Waals surface area contributed by atoms with Crippen molar-refractivity contribution in [3.8, 4) is 5.75 Å². The number of para-hydroxylation sites is 1. The van der Waals surface area contributed by atoms with Gasteiger partial charge in [0.1, 0.15) is 5.75 Å². The lowest BCUT2D eigenvalue weighted by Crippen LogP contribution is -2.39. The van der Waals surface area contributed by atoms with Gasteiger partial charge >= 0.3 is 5.97 Å². The average Bonchev–Trinajstić information content (AvgIpc) is 3.16. The lowest BCUT2D eigenvalue weighted by atomic mass is 10.0. The molecule has 0 fully saturated rings. The number of carbonyl (C=O) groups excluding carboxylic acids is 2. The first-order valence-corrected chi connectivity index (χ1v) is 9.04. The van der Waals surface area contributed by atoms with Gasteiger partial charge in [-0.05, 0) is 36.2 Å². The maximum absolute atomic E-state index is 12.5. The first-order chi connectivity index (χ1) is 13.1. The summed E-state index contributed by atoms with van der Waals surface area (Å²) in [4.78, 5) is 24.9. The minimum atomic E-state index is -0.892. The molecule has 140 valence electrons. The maximum atomic E-state index is 12.5. The van der Waals surface area contributed by atoms with Crippen molar-refractivity contribution >= 4 is 11.9 Å². The number of fused-ring (bicyclic) bond motifs is 2. The molecule has 6 nitrogen and oxygen atoms in total. The SMILES string of the molecule is C[C@@H](OC(=O)c1ccc2c(c1)COC2)C(=O)N[C@@H]1CCOc2ccccc21. The molecule has 6 heteroatoms. The van der Waals surface area contributed by atoms with Gasteiger partial charge in [-0.1, -0.05) is 24.3 Å². The van der Waals surface area contributed by atoms with Crippen LogP contribution in [-0.2, 0) is 27.5 Å². The van der Waals surface area contributed by atoms with E-state index in [2.05, 4.69) is 5.32 Å². The van der Waals surface area contributed by atoms with Crippen molar-refractivity contribution in [3.05, 3.63) is 64.7 Å². The van der Waals surface area contributed by atoms with Crippen molar-refractivity contribution in [2.45, 2.75) is 38.7 Å². The van der Waals surface area contributed by atoms with Crippen molar-refractivity contribution in [1.29, 1.82) is 0 Å². The van der Waals surface area contributed by atoms with E-state index in [-0.39, 0.29) is 11.9 Å². The van der Waals surface area contributed by atoms with Crippen LogP contribution in [0.4, 0.5) is 0 Å². The van der Waals surface area contributed by atoms with Crippen LogP contribution in [-0.4, -0.2) is 24.6 Å². The van der Waals surface area contributed by atoms with Gasteiger partial charge in [-0.25, -0.2) is 4.79 Å². The molecule has 2 atom stereocenters. The molecule has 2 aromatic rings. The van der Waals surface area contributed by atoms with E-state index in [0.29, 0.717) is 31.8 Å². The van der Waals surface area contributed by atoms with Crippen LogP contribution in [0.25, 0.3) is 0 Å². The fourth-order valence-corrected chi connectivity index (χ4v) is 3.36. The van der Waals surface area contributed by atoms with Gasteiger partial charge in [0.25, 0.3) is 5.91 Å². The Morgan fingerprint density at radius 1 is 1.15 bits per heavy atom. The Balaban J connectivity index is 1.39. The Kier molecular flexibility index (Phi) is 4.81. The van der Waals surface area contributed by atoms with Crippen molar-refractivity contribution in [2.24, 2.45) is 0 Å². The van der Waals surface area contributed by atoms with Gasteiger partial charge in [-0.3, -0.25) is 4.79 Å². The number of rotatable bonds is 4. The third-order valence-corrected chi connectivity index (χ3v) is 4.89. The highest BCUT2D eigenvalue weighted by molar-refractivity contribution is 5.92. The number of hydrogen-bond acceptors (Lipinski definition) is 5. The minimum Gasteiger partial charge on any atom is -0.493 e. The molecule has 27 heavy (non-hydrogen) atoms. The van der Waals surface area contributed by atoms with Crippen molar-refractivity contribution < 1.29 is 23.8 Å². The minimum absolute atomic E-state index is 0.152. The van der Waals surface area contributed by atoms with Gasteiger partial charge in [0.2, 0.25) is 0 Å². The van der Waals surface area contributed by atoms with Gasteiger partial charge in [0, 0.05) is 12.0 Å². The van der Waals surface area contributed by atoms with Crippen LogP contribution < -0.4 is 10.1 Å². The van der Waals surface area contributed by atoms with E-state index in [4.69, 9.17) is 14.2 Å². The summed E-state index contributed by atoms with van der Waals surface area (Å²) in [5, 5.41) is 2.96. The Morgan fingerprint density at radius 3 is 2.85 bits per heavy atom. The molecule has 2 heterocycles. The molecule has 1 amide bonds. The van der Waals surface area contributed by atoms with Crippen LogP contribution in [0.5, 0.6) is 5.75 Å². The first kappa shape index (κ1) is 17.5. The zero-order valence-electron chi connectivity index (χ0n) is 15.1. The summed E-state index contributed by atoms with van der Waals surface area (Å²) in [6, 6.07) is 12.8. The Labute approximate surface area is 157 Å². The Bertz CT molecular complexity index is 879. The lowest BCUT2D eigenvalue weighted by molar-refractivity contribution is -0.130. The predicted molar refractivity (Wildman–Crippen MR) is 97.3 cm³/mol. The molecule has 0 spiro atoms. The number of nitrogens with one attached hydrogen (secondary N) is 1. The van der Waals surface area contributed by atoms with Crippen molar-refractivity contribution in [3.63, 3.8) is 0 Å². The van der Waals surface area contributed by atoms with Gasteiger partial charge in [0.15, 0.2) is 6.10 Å². The van der Waals surface area contributed by atoms with E-state index in [1.807, 2.05) is 30.3 Å². The fourth-order valence-electron chi connectivity index (χ4n) is 3.36. The standard InChI is InChI=1S/C21H21NO5/c1-13(27-21(24)14-6-7-15-11-25-12-16(15)10-14)20(23)22-18-8-9-26-19-5-3-2-4-17(18)19/h2-7,10,13,18H,8-9,11-12H2,1H3,(H,22,23)/t13-,18-/m1/s1. The molecule has 0 radical (unpaired) electrons. The predicted octanol–water partition coefficient (Wildman–Crippen LogP) is 2.90. The monoisotopic (exact) mass is 367 g/mol. The van der Waals surface area contributed by atoms with E-state index >= 15 is 0 Å². The maximum Gasteiger partial charge on any atom is 0.338 e. The van der Waals surface area contributed by atoms with E-state index in [9.17, 15) is 9.59 Å². The van der Waals surface area contributed by atoms with Crippen molar-refractivity contribution in [2.75, 3.05) is 6.61 Å². The molecule has 0 bridgehead atoms. The first-order valence-electron chi connectivity index (χ1n) is 9.04. The molecule has 2 aliphatic rings. The van der Waals surface area contributed by atoms with Gasteiger partial charge in [-0.15, -0.1) is 0 Å². The van der Waals surface area contributed by atoms with E-state index in [0.717, 1.165) is 22.4 Å². The van der Waals surface area contributed by atoms with E-state index in [1.165, 1.54) is 0 Å². The fraction of sp³-hybridized carbons (Fsp3) is 0.333. The highest BCUT2D eigenvalue weighted by Gasteiger charge is 2.26. The summed E-state index contributed by atoms with van der Waals surface area (Å²) in [7, 11) is 0. The summed E-state index contributed by atoms with van der Waals surface area (Å²) < 4.78 is 16.3. The summed E-state index contributed by atoms with van der Waals surface area (Å²) >= 11 is 0. The molecular formula is C21H21NO5.